The molecule has 3 rings (SSSR count). The molecule has 0 spiro atoms. The lowest BCUT2D eigenvalue weighted by atomic mass is 9.87. The first kappa shape index (κ1) is 21.3. The van der Waals surface area contributed by atoms with E-state index in [1.165, 1.54) is 22.6 Å². The maximum absolute atomic E-state index is 12.7. The van der Waals surface area contributed by atoms with E-state index in [9.17, 15) is 18.0 Å². The molecule has 8 heteroatoms. The number of pyridine rings is 1. The van der Waals surface area contributed by atoms with Crippen molar-refractivity contribution < 1.29 is 13.2 Å². The molecule has 0 unspecified atom stereocenters. The van der Waals surface area contributed by atoms with Gasteiger partial charge in [0.05, 0.1) is 4.90 Å². The fraction of sp³-hybridized carbons (Fsp3) is 0.429. The molecule has 1 amide bonds. The first-order valence-corrected chi connectivity index (χ1v) is 11.1. The average molecular weight is 418 g/mol. The third kappa shape index (κ3) is 4.94. The highest BCUT2D eigenvalue weighted by atomic mass is 32.2. The standard InChI is InChI=1S/C21H27N3O4S/c1-21(2,3)16-6-8-17(9-7-16)22-19(25)15-23-14-18(10-11-20(23)26)29(27,28)24-12-4-5-13-24/h6-11,14H,4-5,12-13,15H2,1-3H3,(H,22,25). The number of anilines is 1. The van der Waals surface area contributed by atoms with Crippen molar-refractivity contribution >= 4 is 21.6 Å². The van der Waals surface area contributed by atoms with Gasteiger partial charge in [-0.25, -0.2) is 8.42 Å². The van der Waals surface area contributed by atoms with Gasteiger partial charge in [-0.3, -0.25) is 9.59 Å². The van der Waals surface area contributed by atoms with Gasteiger partial charge in [0.1, 0.15) is 6.54 Å². The molecule has 0 saturated carbocycles. The zero-order valence-electron chi connectivity index (χ0n) is 17.0. The Hall–Kier alpha value is -2.45. The summed E-state index contributed by atoms with van der Waals surface area (Å²) in [5.74, 6) is -0.397. The van der Waals surface area contributed by atoms with Crippen LogP contribution in [-0.4, -0.2) is 36.3 Å². The smallest absolute Gasteiger partial charge is 0.251 e. The van der Waals surface area contributed by atoms with Crippen molar-refractivity contribution in [3.8, 4) is 0 Å². The normalized spacial score (nSPS) is 15.4. The van der Waals surface area contributed by atoms with Crippen LogP contribution in [0.4, 0.5) is 5.69 Å². The van der Waals surface area contributed by atoms with Crippen LogP contribution in [0.3, 0.4) is 0 Å². The summed E-state index contributed by atoms with van der Waals surface area (Å²) in [5, 5.41) is 2.75. The zero-order chi connectivity index (χ0) is 21.2. The number of carbonyl (C=O) groups is 1. The van der Waals surface area contributed by atoms with Gasteiger partial charge in [-0.1, -0.05) is 32.9 Å². The Balaban J connectivity index is 1.74. The molecule has 2 aromatic rings. The van der Waals surface area contributed by atoms with Crippen molar-refractivity contribution in [1.29, 1.82) is 0 Å². The van der Waals surface area contributed by atoms with Gasteiger partial charge >= 0.3 is 0 Å². The summed E-state index contributed by atoms with van der Waals surface area (Å²) in [6, 6.07) is 10.0. The van der Waals surface area contributed by atoms with Crippen LogP contribution in [0.15, 0.2) is 52.3 Å². The van der Waals surface area contributed by atoms with E-state index in [0.29, 0.717) is 18.8 Å². The van der Waals surface area contributed by atoms with Gasteiger partial charge in [0, 0.05) is 31.0 Å². The quantitative estimate of drug-likeness (QED) is 0.810. The molecule has 1 aromatic carbocycles. The van der Waals surface area contributed by atoms with Gasteiger partial charge < -0.3 is 9.88 Å². The Kier molecular flexibility index (Phi) is 5.95. The Bertz CT molecular complexity index is 1040. The monoisotopic (exact) mass is 417 g/mol. The number of hydrogen-bond donors (Lipinski definition) is 1. The molecule has 156 valence electrons. The largest absolute Gasteiger partial charge is 0.325 e. The summed E-state index contributed by atoms with van der Waals surface area (Å²) < 4.78 is 27.9. The molecule has 1 saturated heterocycles. The molecular weight excluding hydrogens is 390 g/mol. The summed E-state index contributed by atoms with van der Waals surface area (Å²) >= 11 is 0. The summed E-state index contributed by atoms with van der Waals surface area (Å²) in [5.41, 5.74) is 1.35. The average Bonchev–Trinajstić information content (AvgIpc) is 3.18. The molecule has 0 bridgehead atoms. The molecule has 29 heavy (non-hydrogen) atoms. The second-order valence-corrected chi connectivity index (χ2v) is 10.3. The number of hydrogen-bond acceptors (Lipinski definition) is 4. The molecule has 0 atom stereocenters. The number of benzene rings is 1. The molecule has 7 nitrogen and oxygen atoms in total. The number of sulfonamides is 1. The van der Waals surface area contributed by atoms with E-state index in [0.717, 1.165) is 23.0 Å². The third-order valence-corrected chi connectivity index (χ3v) is 6.89. The molecule has 1 fully saturated rings. The van der Waals surface area contributed by atoms with E-state index in [4.69, 9.17) is 0 Å². The lowest BCUT2D eigenvalue weighted by Gasteiger charge is -2.19. The second-order valence-electron chi connectivity index (χ2n) is 8.32. The number of carbonyl (C=O) groups excluding carboxylic acids is 1. The number of rotatable bonds is 5. The van der Waals surface area contributed by atoms with Gasteiger partial charge in [-0.05, 0) is 42.0 Å². The minimum absolute atomic E-state index is 0.0110. The summed E-state index contributed by atoms with van der Waals surface area (Å²) in [6.45, 7) is 7.02. The van der Waals surface area contributed by atoms with Crippen LogP contribution in [0.2, 0.25) is 0 Å². The molecule has 0 radical (unpaired) electrons. The van der Waals surface area contributed by atoms with Crippen LogP contribution in [0, 0.1) is 0 Å². The van der Waals surface area contributed by atoms with Crippen molar-refractivity contribution in [2.75, 3.05) is 18.4 Å². The fourth-order valence-electron chi connectivity index (χ4n) is 3.27. The number of nitrogens with zero attached hydrogens (tertiary/aromatic N) is 2. The Labute approximate surface area is 171 Å². The van der Waals surface area contributed by atoms with E-state index in [1.807, 2.05) is 24.3 Å². The maximum Gasteiger partial charge on any atom is 0.251 e. The van der Waals surface area contributed by atoms with Crippen LogP contribution in [0.5, 0.6) is 0 Å². The van der Waals surface area contributed by atoms with Gasteiger partial charge in [-0.15, -0.1) is 0 Å². The van der Waals surface area contributed by atoms with Gasteiger partial charge in [0.2, 0.25) is 15.9 Å². The van der Waals surface area contributed by atoms with Gasteiger partial charge in [0.15, 0.2) is 0 Å². The number of nitrogens with one attached hydrogen (secondary N) is 1. The number of aromatic nitrogens is 1. The van der Waals surface area contributed by atoms with E-state index in [2.05, 4.69) is 26.1 Å². The van der Waals surface area contributed by atoms with Crippen LogP contribution < -0.4 is 10.9 Å². The van der Waals surface area contributed by atoms with E-state index in [-0.39, 0.29) is 16.9 Å². The highest BCUT2D eigenvalue weighted by Gasteiger charge is 2.27. The van der Waals surface area contributed by atoms with Crippen molar-refractivity contribution in [2.24, 2.45) is 0 Å². The predicted octanol–water partition coefficient (Wildman–Crippen LogP) is 2.57. The lowest BCUT2D eigenvalue weighted by molar-refractivity contribution is -0.116. The van der Waals surface area contributed by atoms with Gasteiger partial charge in [0.25, 0.3) is 5.56 Å². The topological polar surface area (TPSA) is 88.5 Å². The van der Waals surface area contributed by atoms with E-state index in [1.54, 1.807) is 0 Å². The van der Waals surface area contributed by atoms with E-state index >= 15 is 0 Å². The van der Waals surface area contributed by atoms with Gasteiger partial charge in [-0.2, -0.15) is 4.31 Å². The summed E-state index contributed by atoms with van der Waals surface area (Å²) in [7, 11) is -3.65. The molecule has 1 aromatic heterocycles. The maximum atomic E-state index is 12.7. The SMILES string of the molecule is CC(C)(C)c1ccc(NC(=O)Cn2cc(S(=O)(=O)N3CCCC3)ccc2=O)cc1. The van der Waals surface area contributed by atoms with Crippen LogP contribution >= 0.6 is 0 Å². The van der Waals surface area contributed by atoms with E-state index < -0.39 is 21.5 Å². The van der Waals surface area contributed by atoms with Crippen LogP contribution in [0.25, 0.3) is 0 Å². The first-order chi connectivity index (χ1) is 13.6. The fourth-order valence-corrected chi connectivity index (χ4v) is 4.81. The molecular formula is C21H27N3O4S. The molecule has 1 aliphatic rings. The molecule has 1 aliphatic heterocycles. The van der Waals surface area contributed by atoms with Crippen molar-refractivity contribution in [3.63, 3.8) is 0 Å². The zero-order valence-corrected chi connectivity index (χ0v) is 17.8. The summed E-state index contributed by atoms with van der Waals surface area (Å²) in [6.07, 6.45) is 2.91. The molecule has 2 heterocycles. The third-order valence-electron chi connectivity index (χ3n) is 5.01. The predicted molar refractivity (Wildman–Crippen MR) is 112 cm³/mol. The lowest BCUT2D eigenvalue weighted by Crippen LogP contribution is -2.31. The second kappa shape index (κ2) is 8.12. The minimum atomic E-state index is -3.65. The van der Waals surface area contributed by atoms with Crippen LogP contribution in [0.1, 0.15) is 39.2 Å². The molecule has 0 aliphatic carbocycles. The van der Waals surface area contributed by atoms with Crippen molar-refractivity contribution in [1.82, 2.24) is 8.87 Å². The Morgan fingerprint density at radius 3 is 2.24 bits per heavy atom. The Morgan fingerprint density at radius 1 is 1.03 bits per heavy atom. The minimum Gasteiger partial charge on any atom is -0.325 e. The Morgan fingerprint density at radius 2 is 1.66 bits per heavy atom. The van der Waals surface area contributed by atoms with Crippen molar-refractivity contribution in [2.45, 2.75) is 50.5 Å². The first-order valence-electron chi connectivity index (χ1n) is 9.68. The van der Waals surface area contributed by atoms with Crippen molar-refractivity contribution in [3.05, 3.63) is 58.5 Å². The highest BCUT2D eigenvalue weighted by molar-refractivity contribution is 7.89. The molecule has 1 N–H and O–H groups in total. The number of amides is 1. The summed E-state index contributed by atoms with van der Waals surface area (Å²) in [4.78, 5) is 24.6. The highest BCUT2D eigenvalue weighted by Crippen LogP contribution is 2.23. The van der Waals surface area contributed by atoms with Crippen LogP contribution in [-0.2, 0) is 26.8 Å².